The fourth-order valence-corrected chi connectivity index (χ4v) is 2.96. The molecule has 2 rings (SSSR count). The highest BCUT2D eigenvalue weighted by Gasteiger charge is 2.07. The number of anilines is 2. The molecule has 0 amide bonds. The Labute approximate surface area is 152 Å². The highest BCUT2D eigenvalue weighted by Crippen LogP contribution is 2.19. The van der Waals surface area contributed by atoms with Crippen LogP contribution >= 0.6 is 39.9 Å². The van der Waals surface area contributed by atoms with Crippen LogP contribution in [0.15, 0.2) is 47.1 Å². The van der Waals surface area contributed by atoms with Crippen molar-refractivity contribution in [3.63, 3.8) is 0 Å². The van der Waals surface area contributed by atoms with Crippen molar-refractivity contribution in [1.29, 1.82) is 0 Å². The number of nitrogens with zero attached hydrogens (tertiary/aromatic N) is 2. The molecule has 120 valence electrons. The first kappa shape index (κ1) is 17.9. The smallest absolute Gasteiger partial charge is 0.178 e. The quantitative estimate of drug-likeness (QED) is 0.255. The molecular formula is C15H15BrN4OS2. The first-order valence-corrected chi connectivity index (χ1v) is 8.83. The Morgan fingerprint density at radius 3 is 2.83 bits per heavy atom. The highest BCUT2D eigenvalue weighted by atomic mass is 79.9. The summed E-state index contributed by atoms with van der Waals surface area (Å²) < 4.78 is 1.60. The summed E-state index contributed by atoms with van der Waals surface area (Å²) >= 11 is 10.1. The van der Waals surface area contributed by atoms with Gasteiger partial charge in [-0.25, -0.2) is 5.84 Å². The van der Waals surface area contributed by atoms with Crippen molar-refractivity contribution < 1.29 is 4.79 Å². The largest absolute Gasteiger partial charge is 0.341 e. The van der Waals surface area contributed by atoms with Crippen molar-refractivity contribution in [3.05, 3.63) is 52.8 Å². The van der Waals surface area contributed by atoms with Gasteiger partial charge in [0.25, 0.3) is 0 Å². The maximum atomic E-state index is 11.2. The van der Waals surface area contributed by atoms with Gasteiger partial charge in [-0.2, -0.15) is 0 Å². The van der Waals surface area contributed by atoms with Gasteiger partial charge in [0.2, 0.25) is 0 Å². The van der Waals surface area contributed by atoms with Crippen molar-refractivity contribution in [2.45, 2.75) is 6.92 Å². The average Bonchev–Trinajstić information content (AvgIpc) is 2.52. The number of carbonyl (C=O) groups excluding carboxylic acids is 1. The minimum absolute atomic E-state index is 0.0751. The molecule has 2 aromatic rings. The molecule has 0 aliphatic heterocycles. The number of rotatable bonds is 5. The van der Waals surface area contributed by atoms with Crippen molar-refractivity contribution in [3.8, 4) is 0 Å². The van der Waals surface area contributed by atoms with Gasteiger partial charge in [0.05, 0.1) is 17.8 Å². The Morgan fingerprint density at radius 1 is 1.43 bits per heavy atom. The summed E-state index contributed by atoms with van der Waals surface area (Å²) in [6.07, 6.45) is 1.57. The molecule has 0 unspecified atom stereocenters. The Hall–Kier alpha value is -1.48. The summed E-state index contributed by atoms with van der Waals surface area (Å²) in [4.78, 5) is 15.3. The van der Waals surface area contributed by atoms with Gasteiger partial charge < -0.3 is 5.32 Å². The van der Waals surface area contributed by atoms with Gasteiger partial charge in [0.1, 0.15) is 10.0 Å². The van der Waals surface area contributed by atoms with Gasteiger partial charge in [-0.3, -0.25) is 14.8 Å². The third-order valence-electron chi connectivity index (χ3n) is 2.85. The van der Waals surface area contributed by atoms with Crippen LogP contribution in [0.3, 0.4) is 0 Å². The van der Waals surface area contributed by atoms with Crippen LogP contribution in [-0.2, 0) is 0 Å². The molecule has 0 atom stereocenters. The molecule has 0 spiro atoms. The summed E-state index contributed by atoms with van der Waals surface area (Å²) in [5.41, 5.74) is 2.04. The SMILES string of the molecule is CC(=O)c1ccc(N(N)CSC(=S)Nc2cccc(Br)c2)cn1. The number of halogens is 1. The van der Waals surface area contributed by atoms with E-state index < -0.39 is 0 Å². The molecule has 0 saturated heterocycles. The van der Waals surface area contributed by atoms with Crippen LogP contribution in [0, 0.1) is 0 Å². The number of carbonyl (C=O) groups is 1. The van der Waals surface area contributed by atoms with Crippen molar-refractivity contribution in [1.82, 2.24) is 4.98 Å². The van der Waals surface area contributed by atoms with Crippen LogP contribution in [0.5, 0.6) is 0 Å². The van der Waals surface area contributed by atoms with Crippen molar-refractivity contribution in [2.75, 3.05) is 16.2 Å². The molecular weight excluding hydrogens is 396 g/mol. The van der Waals surface area contributed by atoms with Crippen LogP contribution in [-0.4, -0.2) is 21.0 Å². The van der Waals surface area contributed by atoms with E-state index >= 15 is 0 Å². The zero-order valence-corrected chi connectivity index (χ0v) is 15.5. The monoisotopic (exact) mass is 410 g/mol. The van der Waals surface area contributed by atoms with Gasteiger partial charge in [-0.15, -0.1) is 0 Å². The average molecular weight is 411 g/mol. The molecule has 1 aromatic heterocycles. The van der Waals surface area contributed by atoms with E-state index in [0.29, 0.717) is 21.6 Å². The highest BCUT2D eigenvalue weighted by molar-refractivity contribution is 9.10. The number of benzene rings is 1. The molecule has 23 heavy (non-hydrogen) atoms. The molecule has 3 N–H and O–H groups in total. The number of hydrogen-bond donors (Lipinski definition) is 2. The molecule has 1 aromatic carbocycles. The summed E-state index contributed by atoms with van der Waals surface area (Å²) in [5.74, 6) is 6.36. The lowest BCUT2D eigenvalue weighted by Crippen LogP contribution is -2.31. The third-order valence-corrected chi connectivity index (χ3v) is 4.57. The van der Waals surface area contributed by atoms with Gasteiger partial charge in [0, 0.05) is 17.1 Å². The number of nitrogens with one attached hydrogen (secondary N) is 1. The number of Topliss-reactive ketones (excluding diaryl/α,β-unsaturated/α-hetero) is 1. The molecule has 0 aliphatic rings. The van der Waals surface area contributed by atoms with Crippen molar-refractivity contribution in [2.24, 2.45) is 5.84 Å². The lowest BCUT2D eigenvalue weighted by molar-refractivity contribution is 0.101. The van der Waals surface area contributed by atoms with E-state index in [0.717, 1.165) is 10.2 Å². The lowest BCUT2D eigenvalue weighted by Gasteiger charge is -2.18. The van der Waals surface area contributed by atoms with Crippen molar-refractivity contribution >= 4 is 61.4 Å². The second kappa shape index (κ2) is 8.39. The number of hydrazine groups is 1. The van der Waals surface area contributed by atoms with E-state index in [-0.39, 0.29) is 5.78 Å². The Bertz CT molecular complexity index is 709. The standard InChI is InChI=1S/C15H15BrN4OS2/c1-10(21)14-6-5-13(8-18-14)20(17)9-23-15(22)19-12-4-2-3-11(16)7-12/h2-8H,9,17H2,1H3,(H,19,22). The van der Waals surface area contributed by atoms with Crippen LogP contribution in [0.2, 0.25) is 0 Å². The number of ketones is 1. The minimum Gasteiger partial charge on any atom is -0.341 e. The van der Waals surface area contributed by atoms with Gasteiger partial charge in [-0.05, 0) is 30.3 Å². The van der Waals surface area contributed by atoms with Crippen LogP contribution in [0.1, 0.15) is 17.4 Å². The number of aromatic nitrogens is 1. The summed E-state index contributed by atoms with van der Waals surface area (Å²) in [7, 11) is 0. The van der Waals surface area contributed by atoms with E-state index in [1.165, 1.54) is 23.7 Å². The van der Waals surface area contributed by atoms with Crippen LogP contribution in [0.4, 0.5) is 11.4 Å². The number of thiocarbonyl (C=S) groups is 1. The molecule has 0 aliphatic carbocycles. The molecule has 0 radical (unpaired) electrons. The summed E-state index contributed by atoms with van der Waals surface area (Å²) in [6.45, 7) is 1.48. The minimum atomic E-state index is -0.0751. The fourth-order valence-electron chi connectivity index (χ4n) is 1.69. The zero-order chi connectivity index (χ0) is 16.8. The van der Waals surface area contributed by atoms with Crippen LogP contribution < -0.4 is 16.2 Å². The zero-order valence-electron chi connectivity index (χ0n) is 12.3. The molecule has 0 fully saturated rings. The van der Waals surface area contributed by atoms with E-state index in [1.807, 2.05) is 24.3 Å². The fraction of sp³-hybridized carbons (Fsp3) is 0.133. The first-order valence-electron chi connectivity index (χ1n) is 6.64. The molecule has 1 heterocycles. The molecule has 0 bridgehead atoms. The predicted octanol–water partition coefficient (Wildman–Crippen LogP) is 3.81. The van der Waals surface area contributed by atoms with E-state index in [9.17, 15) is 4.79 Å². The maximum Gasteiger partial charge on any atom is 0.178 e. The summed E-state index contributed by atoms with van der Waals surface area (Å²) in [6, 6.07) is 11.2. The molecule has 5 nitrogen and oxygen atoms in total. The second-order valence-corrected chi connectivity index (χ2v) is 7.16. The second-order valence-electron chi connectivity index (χ2n) is 4.62. The van der Waals surface area contributed by atoms with Gasteiger partial charge >= 0.3 is 0 Å². The van der Waals surface area contributed by atoms with E-state index in [4.69, 9.17) is 18.1 Å². The Balaban J connectivity index is 1.87. The van der Waals surface area contributed by atoms with E-state index in [1.54, 1.807) is 18.3 Å². The topological polar surface area (TPSA) is 71.2 Å². The number of pyridine rings is 1. The van der Waals surface area contributed by atoms with Gasteiger partial charge in [0.15, 0.2) is 5.78 Å². The first-order chi connectivity index (χ1) is 11.0. The number of nitrogens with two attached hydrogens (primary N) is 1. The van der Waals surface area contributed by atoms with E-state index in [2.05, 4.69) is 26.2 Å². The lowest BCUT2D eigenvalue weighted by atomic mass is 10.2. The Kier molecular flexibility index (Phi) is 6.52. The molecule has 8 heteroatoms. The van der Waals surface area contributed by atoms with Crippen LogP contribution in [0.25, 0.3) is 0 Å². The van der Waals surface area contributed by atoms with Gasteiger partial charge in [-0.1, -0.05) is 46.0 Å². The Morgan fingerprint density at radius 2 is 2.22 bits per heavy atom. The maximum absolute atomic E-state index is 11.2. The normalized spacial score (nSPS) is 10.2. The molecule has 0 saturated carbocycles. The predicted molar refractivity (Wildman–Crippen MR) is 104 cm³/mol. The number of hydrogen-bond acceptors (Lipinski definition) is 6. The third kappa shape index (κ3) is 5.58. The number of thioether (sulfide) groups is 1. The summed E-state index contributed by atoms with van der Waals surface area (Å²) in [5, 5.41) is 4.66.